The summed E-state index contributed by atoms with van der Waals surface area (Å²) in [5.41, 5.74) is -0.663. The third kappa shape index (κ3) is 2.77. The highest BCUT2D eigenvalue weighted by atomic mass is 16.3. The molecule has 1 aromatic heterocycles. The molecule has 0 aliphatic rings. The van der Waals surface area contributed by atoms with E-state index in [1.54, 1.807) is 20.8 Å². The van der Waals surface area contributed by atoms with Crippen molar-refractivity contribution in [3.8, 4) is 11.5 Å². The molecule has 5 nitrogen and oxygen atoms in total. The van der Waals surface area contributed by atoms with Crippen LogP contribution in [0, 0.1) is 6.92 Å². The van der Waals surface area contributed by atoms with Crippen LogP contribution in [0.1, 0.15) is 31.6 Å². The molecular weight excluding hydrogens is 260 g/mol. The quantitative estimate of drug-likeness (QED) is 0.800. The Labute approximate surface area is 116 Å². The van der Waals surface area contributed by atoms with Gasteiger partial charge >= 0.3 is 0 Å². The number of aliphatic hydroxyl groups is 1. The Hall–Kier alpha value is -2.01. The number of rotatable bonds is 3. The predicted molar refractivity (Wildman–Crippen MR) is 75.2 cm³/mol. The lowest BCUT2D eigenvalue weighted by Crippen LogP contribution is -2.19. The summed E-state index contributed by atoms with van der Waals surface area (Å²) in [7, 11) is 0. The molecule has 0 aliphatic carbocycles. The molecule has 0 unspecified atom stereocenters. The first kappa shape index (κ1) is 14.4. The van der Waals surface area contributed by atoms with Crippen molar-refractivity contribution in [3.63, 3.8) is 0 Å². The highest BCUT2D eigenvalue weighted by Gasteiger charge is 2.20. The normalized spacial score (nSPS) is 12.0. The Balaban J connectivity index is 2.67. The van der Waals surface area contributed by atoms with E-state index in [9.17, 15) is 20.1 Å². The lowest BCUT2D eigenvalue weighted by molar-refractivity contribution is 0.0713. The van der Waals surface area contributed by atoms with Crippen molar-refractivity contribution in [2.75, 3.05) is 0 Å². The van der Waals surface area contributed by atoms with Gasteiger partial charge in [0.15, 0.2) is 5.43 Å². The van der Waals surface area contributed by atoms with Crippen molar-refractivity contribution < 1.29 is 19.7 Å². The van der Waals surface area contributed by atoms with E-state index in [4.69, 9.17) is 4.42 Å². The van der Waals surface area contributed by atoms with Gasteiger partial charge in [-0.15, -0.1) is 0 Å². The molecule has 2 aromatic rings. The van der Waals surface area contributed by atoms with E-state index in [2.05, 4.69) is 0 Å². The van der Waals surface area contributed by atoms with Crippen LogP contribution in [0.3, 0.4) is 0 Å². The van der Waals surface area contributed by atoms with Gasteiger partial charge < -0.3 is 19.7 Å². The summed E-state index contributed by atoms with van der Waals surface area (Å²) < 4.78 is 5.50. The lowest BCUT2D eigenvalue weighted by atomic mass is 9.96. The van der Waals surface area contributed by atoms with Crippen LogP contribution in [0.15, 0.2) is 21.3 Å². The molecule has 20 heavy (non-hydrogen) atoms. The fourth-order valence-electron chi connectivity index (χ4n) is 2.14. The number of aromatic hydroxyl groups is 2. The van der Waals surface area contributed by atoms with Crippen LogP contribution >= 0.6 is 0 Å². The fourth-order valence-corrected chi connectivity index (χ4v) is 2.14. The minimum Gasteiger partial charge on any atom is -0.507 e. The van der Waals surface area contributed by atoms with Crippen LogP contribution < -0.4 is 5.43 Å². The number of hydrogen-bond donors (Lipinski definition) is 3. The van der Waals surface area contributed by atoms with E-state index in [0.717, 1.165) is 6.07 Å². The number of aryl methyl sites for hydroxylation is 2. The molecule has 0 amide bonds. The van der Waals surface area contributed by atoms with Crippen LogP contribution in [0.5, 0.6) is 11.5 Å². The van der Waals surface area contributed by atoms with Gasteiger partial charge in [-0.2, -0.15) is 0 Å². The van der Waals surface area contributed by atoms with Gasteiger partial charge in [0.2, 0.25) is 0 Å². The number of fused-ring (bicyclic) bond motifs is 1. The Morgan fingerprint density at radius 3 is 2.45 bits per heavy atom. The number of hydrogen-bond acceptors (Lipinski definition) is 5. The molecule has 0 spiro atoms. The van der Waals surface area contributed by atoms with Crippen LogP contribution in [-0.2, 0) is 6.42 Å². The Kier molecular flexibility index (Phi) is 3.48. The zero-order chi connectivity index (χ0) is 15.1. The van der Waals surface area contributed by atoms with E-state index in [0.29, 0.717) is 24.2 Å². The molecule has 0 fully saturated rings. The van der Waals surface area contributed by atoms with Gasteiger partial charge in [0.1, 0.15) is 28.2 Å². The van der Waals surface area contributed by atoms with Gasteiger partial charge in [-0.3, -0.25) is 4.79 Å². The van der Waals surface area contributed by atoms with E-state index in [1.165, 1.54) is 6.07 Å². The van der Waals surface area contributed by atoms with Crippen molar-refractivity contribution in [2.24, 2.45) is 0 Å². The van der Waals surface area contributed by atoms with E-state index in [-0.39, 0.29) is 27.9 Å². The zero-order valence-corrected chi connectivity index (χ0v) is 11.7. The van der Waals surface area contributed by atoms with Crippen molar-refractivity contribution in [1.82, 2.24) is 0 Å². The molecule has 1 heterocycles. The summed E-state index contributed by atoms with van der Waals surface area (Å²) in [6.45, 7) is 4.95. The second kappa shape index (κ2) is 4.83. The minimum absolute atomic E-state index is 0.0548. The smallest absolute Gasteiger partial charge is 0.196 e. The van der Waals surface area contributed by atoms with E-state index in [1.807, 2.05) is 0 Å². The molecule has 0 saturated heterocycles. The van der Waals surface area contributed by atoms with Gasteiger partial charge in [-0.05, 0) is 33.6 Å². The lowest BCUT2D eigenvalue weighted by Gasteiger charge is -2.17. The molecule has 5 heteroatoms. The minimum atomic E-state index is -0.902. The highest BCUT2D eigenvalue weighted by Crippen LogP contribution is 2.34. The topological polar surface area (TPSA) is 90.9 Å². The molecule has 3 N–H and O–H groups in total. The second-order valence-electron chi connectivity index (χ2n) is 5.63. The van der Waals surface area contributed by atoms with Crippen LogP contribution in [-0.4, -0.2) is 20.9 Å². The summed E-state index contributed by atoms with van der Waals surface area (Å²) in [5.74, 6) is -0.0525. The Bertz CT molecular complexity index is 707. The van der Waals surface area contributed by atoms with E-state index >= 15 is 0 Å². The van der Waals surface area contributed by atoms with Gasteiger partial charge in [-0.25, -0.2) is 0 Å². The molecule has 0 saturated carbocycles. The SMILES string of the molecule is Cc1cc(=O)c2c(O)cc(O)c(CCC(C)(C)O)c2o1. The molecule has 0 bridgehead atoms. The zero-order valence-electron chi connectivity index (χ0n) is 11.7. The number of phenolic OH excluding ortho intramolecular Hbond substituents is 2. The molecule has 108 valence electrons. The molecule has 2 rings (SSSR count). The number of benzene rings is 1. The largest absolute Gasteiger partial charge is 0.507 e. The second-order valence-corrected chi connectivity index (χ2v) is 5.63. The predicted octanol–water partition coefficient (Wildman–Crippen LogP) is 2.22. The molecule has 0 radical (unpaired) electrons. The maximum atomic E-state index is 11.9. The summed E-state index contributed by atoms with van der Waals surface area (Å²) in [6.07, 6.45) is 0.719. The molecule has 0 atom stereocenters. The first-order valence-electron chi connectivity index (χ1n) is 6.40. The van der Waals surface area contributed by atoms with Crippen LogP contribution in [0.4, 0.5) is 0 Å². The first-order chi connectivity index (χ1) is 9.19. The van der Waals surface area contributed by atoms with Crippen LogP contribution in [0.25, 0.3) is 11.0 Å². The van der Waals surface area contributed by atoms with Gasteiger partial charge in [0, 0.05) is 17.7 Å². The Morgan fingerprint density at radius 2 is 1.85 bits per heavy atom. The Morgan fingerprint density at radius 1 is 1.20 bits per heavy atom. The maximum Gasteiger partial charge on any atom is 0.196 e. The van der Waals surface area contributed by atoms with Crippen LogP contribution in [0.2, 0.25) is 0 Å². The molecular formula is C15H18O5. The number of phenols is 2. The van der Waals surface area contributed by atoms with Crippen molar-refractivity contribution in [2.45, 2.75) is 39.2 Å². The highest BCUT2D eigenvalue weighted by molar-refractivity contribution is 5.88. The summed E-state index contributed by atoms with van der Waals surface area (Å²) in [6, 6.07) is 2.42. The third-order valence-corrected chi connectivity index (χ3v) is 3.17. The summed E-state index contributed by atoms with van der Waals surface area (Å²) >= 11 is 0. The fraction of sp³-hybridized carbons (Fsp3) is 0.400. The summed E-state index contributed by atoms with van der Waals surface area (Å²) in [4.78, 5) is 11.9. The average Bonchev–Trinajstić information content (AvgIpc) is 2.25. The van der Waals surface area contributed by atoms with E-state index < -0.39 is 5.60 Å². The third-order valence-electron chi connectivity index (χ3n) is 3.17. The average molecular weight is 278 g/mol. The van der Waals surface area contributed by atoms with Crippen molar-refractivity contribution >= 4 is 11.0 Å². The maximum absolute atomic E-state index is 11.9. The van der Waals surface area contributed by atoms with Crippen molar-refractivity contribution in [1.29, 1.82) is 0 Å². The van der Waals surface area contributed by atoms with Gasteiger partial charge in [0.25, 0.3) is 0 Å². The first-order valence-corrected chi connectivity index (χ1v) is 6.40. The molecule has 1 aromatic carbocycles. The van der Waals surface area contributed by atoms with Crippen molar-refractivity contribution in [3.05, 3.63) is 33.7 Å². The standard InChI is InChI=1S/C15H18O5/c1-8-6-11(17)13-12(18)7-10(16)9(14(13)20-8)4-5-15(2,3)19/h6-7,16,18-19H,4-5H2,1-3H3. The van der Waals surface area contributed by atoms with Gasteiger partial charge in [0.05, 0.1) is 5.60 Å². The molecule has 0 aliphatic heterocycles. The summed E-state index contributed by atoms with van der Waals surface area (Å²) in [5, 5.41) is 29.6. The van der Waals surface area contributed by atoms with Gasteiger partial charge in [-0.1, -0.05) is 0 Å². The monoisotopic (exact) mass is 278 g/mol.